The number of nitrogens with zero attached hydrogens (tertiary/aromatic N) is 1. The zero-order valence-corrected chi connectivity index (χ0v) is 10.1. The minimum atomic E-state index is -0.156. The van der Waals surface area contributed by atoms with Gasteiger partial charge < -0.3 is 5.32 Å². The zero-order chi connectivity index (χ0) is 11.5. The van der Waals surface area contributed by atoms with Crippen molar-refractivity contribution < 1.29 is 4.79 Å². The quantitative estimate of drug-likeness (QED) is 0.887. The lowest BCUT2D eigenvalue weighted by Crippen LogP contribution is -2.09. The number of rotatable bonds is 2. The highest BCUT2D eigenvalue weighted by Crippen LogP contribution is 2.24. The molecule has 2 aromatic rings. The fourth-order valence-corrected chi connectivity index (χ4v) is 2.71. The molecule has 0 aliphatic rings. The lowest BCUT2D eigenvalue weighted by molar-refractivity contribution is 0.103. The van der Waals surface area contributed by atoms with Crippen molar-refractivity contribution in [3.63, 3.8) is 0 Å². The molecule has 3 nitrogen and oxygen atoms in total. The molecule has 0 saturated heterocycles. The summed E-state index contributed by atoms with van der Waals surface area (Å²) >= 11 is 2.79. The third kappa shape index (κ3) is 2.13. The predicted molar refractivity (Wildman–Crippen MR) is 66.0 cm³/mol. The van der Waals surface area contributed by atoms with Crippen molar-refractivity contribution in [2.24, 2.45) is 0 Å². The van der Waals surface area contributed by atoms with Crippen LogP contribution in [0.2, 0.25) is 0 Å². The SMILES string of the molecule is Cc1ccc(C(=O)Nc2sccc2C#N)s1. The Bertz CT molecular complexity index is 563. The molecule has 1 N–H and O–H groups in total. The van der Waals surface area contributed by atoms with E-state index < -0.39 is 0 Å². The Hall–Kier alpha value is -1.64. The van der Waals surface area contributed by atoms with Gasteiger partial charge in [0.25, 0.3) is 5.91 Å². The summed E-state index contributed by atoms with van der Waals surface area (Å²) in [6.07, 6.45) is 0. The molecule has 1 amide bonds. The van der Waals surface area contributed by atoms with Crippen molar-refractivity contribution in [2.45, 2.75) is 6.92 Å². The normalized spacial score (nSPS) is 9.75. The molecule has 0 bridgehead atoms. The van der Waals surface area contributed by atoms with E-state index in [2.05, 4.69) is 5.32 Å². The van der Waals surface area contributed by atoms with E-state index in [-0.39, 0.29) is 5.91 Å². The van der Waals surface area contributed by atoms with Gasteiger partial charge in [-0.2, -0.15) is 5.26 Å². The molecule has 0 spiro atoms. The van der Waals surface area contributed by atoms with Gasteiger partial charge in [-0.05, 0) is 30.5 Å². The number of carbonyl (C=O) groups is 1. The highest BCUT2D eigenvalue weighted by molar-refractivity contribution is 7.15. The molecule has 16 heavy (non-hydrogen) atoms. The molecular formula is C11H8N2OS2. The maximum atomic E-state index is 11.8. The van der Waals surface area contributed by atoms with Crippen LogP contribution in [0.4, 0.5) is 5.00 Å². The van der Waals surface area contributed by atoms with Gasteiger partial charge >= 0.3 is 0 Å². The highest BCUT2D eigenvalue weighted by atomic mass is 32.1. The number of nitriles is 1. The van der Waals surface area contributed by atoms with Gasteiger partial charge in [-0.1, -0.05) is 0 Å². The summed E-state index contributed by atoms with van der Waals surface area (Å²) in [5, 5.41) is 13.9. The van der Waals surface area contributed by atoms with E-state index in [4.69, 9.17) is 5.26 Å². The Balaban J connectivity index is 2.17. The molecule has 0 unspecified atom stereocenters. The number of nitrogens with one attached hydrogen (secondary N) is 1. The van der Waals surface area contributed by atoms with E-state index in [1.54, 1.807) is 17.5 Å². The summed E-state index contributed by atoms with van der Waals surface area (Å²) in [6, 6.07) is 7.42. The number of carbonyl (C=O) groups excluding carboxylic acids is 1. The molecule has 0 aromatic carbocycles. The fraction of sp³-hybridized carbons (Fsp3) is 0.0909. The van der Waals surface area contributed by atoms with Crippen molar-refractivity contribution >= 4 is 33.6 Å². The largest absolute Gasteiger partial charge is 0.312 e. The van der Waals surface area contributed by atoms with E-state index in [0.717, 1.165) is 4.88 Å². The smallest absolute Gasteiger partial charge is 0.266 e. The fourth-order valence-electron chi connectivity index (χ4n) is 1.22. The molecular weight excluding hydrogens is 240 g/mol. The molecule has 0 aliphatic carbocycles. The van der Waals surface area contributed by atoms with Crippen LogP contribution < -0.4 is 5.32 Å². The van der Waals surface area contributed by atoms with Crippen molar-refractivity contribution in [1.29, 1.82) is 5.26 Å². The first-order valence-corrected chi connectivity index (χ1v) is 6.25. The van der Waals surface area contributed by atoms with Gasteiger partial charge in [-0.15, -0.1) is 22.7 Å². The summed E-state index contributed by atoms with van der Waals surface area (Å²) in [6.45, 7) is 1.95. The minimum Gasteiger partial charge on any atom is -0.312 e. The molecule has 0 aliphatic heterocycles. The highest BCUT2D eigenvalue weighted by Gasteiger charge is 2.11. The summed E-state index contributed by atoms with van der Waals surface area (Å²) in [5.41, 5.74) is 0.506. The van der Waals surface area contributed by atoms with Gasteiger partial charge in [0.15, 0.2) is 0 Å². The van der Waals surface area contributed by atoms with Gasteiger partial charge in [0.2, 0.25) is 0 Å². The monoisotopic (exact) mass is 248 g/mol. The lowest BCUT2D eigenvalue weighted by Gasteiger charge is -1.99. The first kappa shape index (κ1) is 10.9. The van der Waals surface area contributed by atoms with Crippen LogP contribution in [0.3, 0.4) is 0 Å². The Morgan fingerprint density at radius 2 is 2.25 bits per heavy atom. The number of anilines is 1. The van der Waals surface area contributed by atoms with Crippen molar-refractivity contribution in [3.05, 3.63) is 38.9 Å². The molecule has 0 radical (unpaired) electrons. The number of aryl methyl sites for hydroxylation is 1. The molecule has 2 aromatic heterocycles. The Morgan fingerprint density at radius 1 is 1.44 bits per heavy atom. The summed E-state index contributed by atoms with van der Waals surface area (Å²) < 4.78 is 0. The number of hydrogen-bond acceptors (Lipinski definition) is 4. The zero-order valence-electron chi connectivity index (χ0n) is 8.48. The summed E-state index contributed by atoms with van der Waals surface area (Å²) in [4.78, 5) is 13.5. The van der Waals surface area contributed by atoms with Gasteiger partial charge in [-0.25, -0.2) is 0 Å². The third-order valence-corrected chi connectivity index (χ3v) is 3.81. The molecule has 80 valence electrons. The van der Waals surface area contributed by atoms with Crippen LogP contribution in [0.15, 0.2) is 23.6 Å². The minimum absolute atomic E-state index is 0.156. The van der Waals surface area contributed by atoms with Gasteiger partial charge in [-0.3, -0.25) is 4.79 Å². The third-order valence-electron chi connectivity index (χ3n) is 1.98. The van der Waals surface area contributed by atoms with Crippen LogP contribution >= 0.6 is 22.7 Å². The second kappa shape index (κ2) is 4.47. The van der Waals surface area contributed by atoms with Gasteiger partial charge in [0.05, 0.1) is 10.4 Å². The van der Waals surface area contributed by atoms with Crippen LogP contribution in [0, 0.1) is 18.3 Å². The molecule has 0 fully saturated rings. The van der Waals surface area contributed by atoms with Crippen molar-refractivity contribution in [2.75, 3.05) is 5.32 Å². The molecule has 0 atom stereocenters. The Labute approximate surface area is 101 Å². The lowest BCUT2D eigenvalue weighted by atomic mass is 10.3. The predicted octanol–water partition coefficient (Wildman–Crippen LogP) is 3.24. The summed E-state index contributed by atoms with van der Waals surface area (Å²) in [7, 11) is 0. The molecule has 2 rings (SSSR count). The van der Waals surface area contributed by atoms with Crippen LogP contribution in [-0.4, -0.2) is 5.91 Å². The molecule has 0 saturated carbocycles. The van der Waals surface area contributed by atoms with Crippen LogP contribution in [0.25, 0.3) is 0 Å². The maximum Gasteiger partial charge on any atom is 0.266 e. The number of thiophene rings is 2. The summed E-state index contributed by atoms with van der Waals surface area (Å²) in [5.74, 6) is -0.156. The van der Waals surface area contributed by atoms with Crippen molar-refractivity contribution in [3.8, 4) is 6.07 Å². The first-order valence-electron chi connectivity index (χ1n) is 4.56. The number of hydrogen-bond donors (Lipinski definition) is 1. The average Bonchev–Trinajstić information content (AvgIpc) is 2.86. The molecule has 2 heterocycles. The first-order chi connectivity index (χ1) is 7.70. The average molecular weight is 248 g/mol. The van der Waals surface area contributed by atoms with Crippen LogP contribution in [-0.2, 0) is 0 Å². The van der Waals surface area contributed by atoms with Gasteiger partial charge in [0, 0.05) is 4.88 Å². The standard InChI is InChI=1S/C11H8N2OS2/c1-7-2-3-9(16-7)10(14)13-11-8(6-12)4-5-15-11/h2-5H,1H3,(H,13,14). The Kier molecular flexibility index (Phi) is 3.04. The van der Waals surface area contributed by atoms with E-state index in [9.17, 15) is 4.79 Å². The van der Waals surface area contributed by atoms with E-state index in [1.807, 2.05) is 19.1 Å². The van der Waals surface area contributed by atoms with Gasteiger partial charge in [0.1, 0.15) is 11.1 Å². The topological polar surface area (TPSA) is 52.9 Å². The van der Waals surface area contributed by atoms with E-state index >= 15 is 0 Å². The second-order valence-electron chi connectivity index (χ2n) is 3.14. The maximum absolute atomic E-state index is 11.8. The van der Waals surface area contributed by atoms with Crippen LogP contribution in [0.1, 0.15) is 20.1 Å². The Morgan fingerprint density at radius 3 is 2.88 bits per heavy atom. The molecule has 5 heteroatoms. The number of amides is 1. The van der Waals surface area contributed by atoms with Crippen molar-refractivity contribution in [1.82, 2.24) is 0 Å². The van der Waals surface area contributed by atoms with E-state index in [1.165, 1.54) is 22.7 Å². The second-order valence-corrected chi connectivity index (χ2v) is 5.34. The van der Waals surface area contributed by atoms with E-state index in [0.29, 0.717) is 15.4 Å². The van der Waals surface area contributed by atoms with Crippen LogP contribution in [0.5, 0.6) is 0 Å².